The quantitative estimate of drug-likeness (QED) is 0.614. The van der Waals surface area contributed by atoms with Crippen LogP contribution in [-0.2, 0) is 9.59 Å². The molecule has 144 valence electrons. The van der Waals surface area contributed by atoms with Gasteiger partial charge in [0.15, 0.2) is 0 Å². The van der Waals surface area contributed by atoms with Crippen molar-refractivity contribution < 1.29 is 14.3 Å². The van der Waals surface area contributed by atoms with Crippen LogP contribution in [0.5, 0.6) is 5.75 Å². The van der Waals surface area contributed by atoms with Crippen molar-refractivity contribution in [3.63, 3.8) is 0 Å². The van der Waals surface area contributed by atoms with Gasteiger partial charge < -0.3 is 15.4 Å². The Bertz CT molecular complexity index is 937. The highest BCUT2D eigenvalue weighted by Gasteiger charge is 2.18. The highest BCUT2D eigenvalue weighted by Crippen LogP contribution is 2.31. The Morgan fingerprint density at radius 3 is 2.43 bits per heavy atom. The number of carbonyl (C=O) groups is 2. The normalized spacial score (nSPS) is 11.5. The summed E-state index contributed by atoms with van der Waals surface area (Å²) in [5.74, 6) is 0.367. The zero-order valence-corrected chi connectivity index (χ0v) is 16.6. The van der Waals surface area contributed by atoms with Gasteiger partial charge in [0.25, 0.3) is 0 Å². The second-order valence-corrected chi connectivity index (χ2v) is 7.25. The number of nitrogens with one attached hydrogen (secondary N) is 2. The van der Waals surface area contributed by atoms with Gasteiger partial charge in [-0.05, 0) is 35.2 Å². The average molecular weight is 394 g/mol. The molecule has 2 N–H and O–H groups in total. The fraction of sp³-hybridized carbons (Fsp3) is 0.182. The van der Waals surface area contributed by atoms with Crippen LogP contribution in [0.25, 0.3) is 10.4 Å². The van der Waals surface area contributed by atoms with E-state index in [1.54, 1.807) is 18.4 Å². The fourth-order valence-corrected chi connectivity index (χ4v) is 3.73. The molecule has 0 fully saturated rings. The van der Waals surface area contributed by atoms with E-state index in [4.69, 9.17) is 4.74 Å². The summed E-state index contributed by atoms with van der Waals surface area (Å²) in [7, 11) is 1.60. The Balaban J connectivity index is 1.76. The molecule has 0 aliphatic heterocycles. The van der Waals surface area contributed by atoms with Gasteiger partial charge in [-0.25, -0.2) is 0 Å². The molecule has 0 saturated heterocycles. The molecule has 3 aromatic rings. The minimum Gasteiger partial charge on any atom is -0.497 e. The summed E-state index contributed by atoms with van der Waals surface area (Å²) in [6, 6.07) is 18.6. The molecule has 3 rings (SSSR count). The number of rotatable bonds is 7. The molecule has 1 heterocycles. The summed E-state index contributed by atoms with van der Waals surface area (Å²) in [5.41, 5.74) is 2.58. The second-order valence-electron chi connectivity index (χ2n) is 6.30. The van der Waals surface area contributed by atoms with Gasteiger partial charge in [-0.2, -0.15) is 0 Å². The Morgan fingerprint density at radius 1 is 1.04 bits per heavy atom. The molecule has 1 unspecified atom stereocenters. The van der Waals surface area contributed by atoms with E-state index in [0.29, 0.717) is 0 Å². The number of ether oxygens (including phenoxy) is 1. The van der Waals surface area contributed by atoms with Gasteiger partial charge >= 0.3 is 0 Å². The number of hydrogen-bond donors (Lipinski definition) is 2. The van der Waals surface area contributed by atoms with Crippen LogP contribution in [0.4, 0.5) is 5.69 Å². The summed E-state index contributed by atoms with van der Waals surface area (Å²) in [4.78, 5) is 25.5. The van der Waals surface area contributed by atoms with Crippen molar-refractivity contribution in [2.75, 3.05) is 12.4 Å². The lowest BCUT2D eigenvalue weighted by molar-refractivity contribution is -0.120. The third kappa shape index (κ3) is 4.98. The van der Waals surface area contributed by atoms with E-state index in [1.165, 1.54) is 6.92 Å². The zero-order chi connectivity index (χ0) is 19.9. The average Bonchev–Trinajstić information content (AvgIpc) is 3.22. The minimum atomic E-state index is -0.419. The van der Waals surface area contributed by atoms with Crippen molar-refractivity contribution in [2.45, 2.75) is 19.4 Å². The van der Waals surface area contributed by atoms with Crippen LogP contribution in [0.2, 0.25) is 0 Å². The van der Waals surface area contributed by atoms with Gasteiger partial charge in [0.1, 0.15) is 5.75 Å². The van der Waals surface area contributed by atoms with Gasteiger partial charge in [-0.15, -0.1) is 11.3 Å². The first-order chi connectivity index (χ1) is 13.6. The van der Waals surface area contributed by atoms with Gasteiger partial charge in [0, 0.05) is 23.1 Å². The summed E-state index contributed by atoms with van der Waals surface area (Å²) < 4.78 is 5.17. The Morgan fingerprint density at radius 2 is 1.79 bits per heavy atom. The van der Waals surface area contributed by atoms with Gasteiger partial charge in [-0.1, -0.05) is 36.4 Å². The van der Waals surface area contributed by atoms with Crippen molar-refractivity contribution in [1.82, 2.24) is 5.32 Å². The number of hydrogen-bond acceptors (Lipinski definition) is 4. The van der Waals surface area contributed by atoms with Crippen molar-refractivity contribution in [3.05, 3.63) is 71.6 Å². The Labute approximate surface area is 168 Å². The third-order valence-electron chi connectivity index (χ3n) is 4.27. The lowest BCUT2D eigenvalue weighted by Crippen LogP contribution is -2.29. The zero-order valence-electron chi connectivity index (χ0n) is 15.8. The molecule has 0 aliphatic rings. The number of anilines is 1. The van der Waals surface area contributed by atoms with E-state index in [9.17, 15) is 9.59 Å². The lowest BCUT2D eigenvalue weighted by atomic mass is 10.0. The van der Waals surface area contributed by atoms with Crippen molar-refractivity contribution in [2.24, 2.45) is 0 Å². The molecule has 1 atom stereocenters. The minimum absolute atomic E-state index is 0.130. The molecule has 0 spiro atoms. The molecule has 2 aromatic carbocycles. The first kappa shape index (κ1) is 19.6. The number of carbonyl (C=O) groups excluding carboxylic acids is 2. The second kappa shape index (κ2) is 9.19. The van der Waals surface area contributed by atoms with Crippen molar-refractivity contribution in [1.29, 1.82) is 0 Å². The van der Waals surface area contributed by atoms with E-state index in [-0.39, 0.29) is 18.2 Å². The van der Waals surface area contributed by atoms with E-state index >= 15 is 0 Å². The molecule has 5 nitrogen and oxygen atoms in total. The monoisotopic (exact) mass is 394 g/mol. The first-order valence-electron chi connectivity index (χ1n) is 8.90. The fourth-order valence-electron chi connectivity index (χ4n) is 2.96. The molecule has 0 radical (unpaired) electrons. The van der Waals surface area contributed by atoms with Crippen LogP contribution in [-0.4, -0.2) is 18.9 Å². The third-order valence-corrected chi connectivity index (χ3v) is 5.18. The number of benzene rings is 2. The molecule has 0 saturated carbocycles. The molecule has 28 heavy (non-hydrogen) atoms. The predicted molar refractivity (Wildman–Crippen MR) is 113 cm³/mol. The number of para-hydroxylation sites is 1. The van der Waals surface area contributed by atoms with Crippen LogP contribution in [0, 0.1) is 0 Å². The van der Waals surface area contributed by atoms with E-state index in [0.717, 1.165) is 27.4 Å². The van der Waals surface area contributed by atoms with Crippen molar-refractivity contribution in [3.8, 4) is 16.2 Å². The van der Waals surface area contributed by atoms with Crippen LogP contribution < -0.4 is 15.4 Å². The maximum Gasteiger partial charge on any atom is 0.226 e. The van der Waals surface area contributed by atoms with Gasteiger partial charge in [0.05, 0.1) is 19.6 Å². The Kier molecular flexibility index (Phi) is 6.45. The molecule has 6 heteroatoms. The topological polar surface area (TPSA) is 67.4 Å². The lowest BCUT2D eigenvalue weighted by Gasteiger charge is -2.19. The van der Waals surface area contributed by atoms with Crippen LogP contribution >= 0.6 is 11.3 Å². The highest BCUT2D eigenvalue weighted by molar-refractivity contribution is 7.13. The molecule has 0 bridgehead atoms. The smallest absolute Gasteiger partial charge is 0.226 e. The maximum absolute atomic E-state index is 12.7. The Hall–Kier alpha value is -3.12. The highest BCUT2D eigenvalue weighted by atomic mass is 32.1. The number of methoxy groups -OCH3 is 1. The van der Waals surface area contributed by atoms with E-state index in [1.807, 2.05) is 66.0 Å². The van der Waals surface area contributed by atoms with E-state index < -0.39 is 6.04 Å². The maximum atomic E-state index is 12.7. The molecule has 1 aromatic heterocycles. The molecule has 2 amide bonds. The predicted octanol–water partition coefficient (Wildman–Crippen LogP) is 4.63. The first-order valence-corrected chi connectivity index (χ1v) is 9.78. The standard InChI is InChI=1S/C22H22N2O3S/c1-15(25)23-20(16-9-11-17(27-2)12-10-16)14-22(26)24-19-7-4-3-6-18(19)21-8-5-13-28-21/h3-13,20H,14H2,1-2H3,(H,23,25)(H,24,26). The summed E-state index contributed by atoms with van der Waals surface area (Å²) in [6.45, 7) is 1.44. The van der Waals surface area contributed by atoms with Crippen LogP contribution in [0.1, 0.15) is 24.9 Å². The van der Waals surface area contributed by atoms with Crippen LogP contribution in [0.15, 0.2) is 66.0 Å². The molecular weight excluding hydrogens is 372 g/mol. The van der Waals surface area contributed by atoms with Crippen LogP contribution in [0.3, 0.4) is 0 Å². The number of amides is 2. The van der Waals surface area contributed by atoms with Crippen molar-refractivity contribution >= 4 is 28.8 Å². The number of thiophene rings is 1. The van der Waals surface area contributed by atoms with Gasteiger partial charge in [-0.3, -0.25) is 9.59 Å². The summed E-state index contributed by atoms with van der Waals surface area (Å²) >= 11 is 1.62. The largest absolute Gasteiger partial charge is 0.497 e. The van der Waals surface area contributed by atoms with Gasteiger partial charge in [0.2, 0.25) is 11.8 Å². The summed E-state index contributed by atoms with van der Waals surface area (Å²) in [5, 5.41) is 7.84. The van der Waals surface area contributed by atoms with E-state index in [2.05, 4.69) is 10.6 Å². The SMILES string of the molecule is COc1ccc(C(CC(=O)Nc2ccccc2-c2cccs2)NC(C)=O)cc1. The molecule has 0 aliphatic carbocycles. The molecular formula is C22H22N2O3S. The summed E-state index contributed by atoms with van der Waals surface area (Å²) in [6.07, 6.45) is 0.130.